The maximum absolute atomic E-state index is 11.5. The van der Waals surface area contributed by atoms with Crippen molar-refractivity contribution >= 4 is 17.6 Å². The molecular weight excluding hydrogens is 244 g/mol. The Morgan fingerprint density at radius 2 is 2.11 bits per heavy atom. The van der Waals surface area contributed by atoms with Crippen molar-refractivity contribution in [2.45, 2.75) is 32.7 Å². The summed E-state index contributed by atoms with van der Waals surface area (Å²) in [5, 5.41) is 2.65. The SMILES string of the molecule is CC(C)NC(=O)COC(=O)CCc1cccc(N)c1. The summed E-state index contributed by atoms with van der Waals surface area (Å²) in [6.45, 7) is 3.47. The highest BCUT2D eigenvalue weighted by atomic mass is 16.5. The zero-order valence-electron chi connectivity index (χ0n) is 11.3. The Labute approximate surface area is 113 Å². The van der Waals surface area contributed by atoms with Gasteiger partial charge in [-0.15, -0.1) is 0 Å². The molecule has 1 amide bonds. The van der Waals surface area contributed by atoms with Crippen LogP contribution in [0.5, 0.6) is 0 Å². The molecule has 104 valence electrons. The van der Waals surface area contributed by atoms with Gasteiger partial charge in [-0.25, -0.2) is 0 Å². The summed E-state index contributed by atoms with van der Waals surface area (Å²) in [5.74, 6) is -0.673. The molecule has 1 aromatic rings. The number of nitrogens with one attached hydrogen (secondary N) is 1. The molecule has 1 aromatic carbocycles. The fourth-order valence-corrected chi connectivity index (χ4v) is 1.58. The van der Waals surface area contributed by atoms with Gasteiger partial charge in [0.2, 0.25) is 0 Å². The predicted octanol–water partition coefficient (Wildman–Crippen LogP) is 1.27. The Morgan fingerprint density at radius 1 is 1.37 bits per heavy atom. The number of ether oxygens (including phenoxy) is 1. The molecule has 0 aliphatic rings. The first-order valence-electron chi connectivity index (χ1n) is 6.27. The van der Waals surface area contributed by atoms with Crippen molar-refractivity contribution in [2.75, 3.05) is 12.3 Å². The Bertz CT molecular complexity index is 444. The van der Waals surface area contributed by atoms with Gasteiger partial charge in [-0.05, 0) is 38.0 Å². The second kappa shape index (κ2) is 7.41. The van der Waals surface area contributed by atoms with Gasteiger partial charge in [0, 0.05) is 18.2 Å². The van der Waals surface area contributed by atoms with E-state index in [0.29, 0.717) is 12.1 Å². The average molecular weight is 264 g/mol. The second-order valence-corrected chi connectivity index (χ2v) is 4.63. The van der Waals surface area contributed by atoms with Crippen LogP contribution in [0.4, 0.5) is 5.69 Å². The predicted molar refractivity (Wildman–Crippen MR) is 73.4 cm³/mol. The first-order chi connectivity index (χ1) is 8.97. The van der Waals surface area contributed by atoms with Crippen LogP contribution in [-0.4, -0.2) is 24.5 Å². The highest BCUT2D eigenvalue weighted by molar-refractivity contribution is 5.80. The third-order valence-electron chi connectivity index (χ3n) is 2.38. The van der Waals surface area contributed by atoms with Crippen LogP contribution in [0.1, 0.15) is 25.8 Å². The molecule has 0 heterocycles. The van der Waals surface area contributed by atoms with E-state index in [2.05, 4.69) is 5.32 Å². The zero-order chi connectivity index (χ0) is 14.3. The summed E-state index contributed by atoms with van der Waals surface area (Å²) >= 11 is 0. The third kappa shape index (κ3) is 6.45. The Morgan fingerprint density at radius 3 is 2.74 bits per heavy atom. The maximum Gasteiger partial charge on any atom is 0.306 e. The van der Waals surface area contributed by atoms with Crippen molar-refractivity contribution < 1.29 is 14.3 Å². The lowest BCUT2D eigenvalue weighted by atomic mass is 10.1. The Balaban J connectivity index is 2.26. The van der Waals surface area contributed by atoms with E-state index in [4.69, 9.17) is 10.5 Å². The van der Waals surface area contributed by atoms with E-state index in [9.17, 15) is 9.59 Å². The molecule has 0 bridgehead atoms. The van der Waals surface area contributed by atoms with Crippen molar-refractivity contribution in [3.8, 4) is 0 Å². The molecule has 0 aliphatic carbocycles. The lowest BCUT2D eigenvalue weighted by Gasteiger charge is -2.08. The number of carbonyl (C=O) groups excluding carboxylic acids is 2. The topological polar surface area (TPSA) is 81.4 Å². The molecule has 0 atom stereocenters. The van der Waals surface area contributed by atoms with E-state index in [1.54, 1.807) is 6.07 Å². The number of nitrogen functional groups attached to an aromatic ring is 1. The molecule has 0 aromatic heterocycles. The lowest BCUT2D eigenvalue weighted by Crippen LogP contribution is -2.34. The van der Waals surface area contributed by atoms with Gasteiger partial charge < -0.3 is 15.8 Å². The molecule has 5 heteroatoms. The van der Waals surface area contributed by atoms with E-state index < -0.39 is 0 Å². The van der Waals surface area contributed by atoms with Crippen LogP contribution in [0.2, 0.25) is 0 Å². The Hall–Kier alpha value is -2.04. The molecule has 1 rings (SSSR count). The van der Waals surface area contributed by atoms with Crippen LogP contribution in [0.15, 0.2) is 24.3 Å². The number of aryl methyl sites for hydroxylation is 1. The first kappa shape index (κ1) is 15.0. The number of hydrogen-bond acceptors (Lipinski definition) is 4. The molecule has 0 unspecified atom stereocenters. The van der Waals surface area contributed by atoms with Crippen molar-refractivity contribution in [1.82, 2.24) is 5.32 Å². The maximum atomic E-state index is 11.5. The van der Waals surface area contributed by atoms with Crippen LogP contribution >= 0.6 is 0 Å². The monoisotopic (exact) mass is 264 g/mol. The van der Waals surface area contributed by atoms with Gasteiger partial charge in [0.25, 0.3) is 5.91 Å². The van der Waals surface area contributed by atoms with Crippen LogP contribution < -0.4 is 11.1 Å². The number of nitrogens with two attached hydrogens (primary N) is 1. The van der Waals surface area contributed by atoms with Crippen LogP contribution in [-0.2, 0) is 20.7 Å². The first-order valence-corrected chi connectivity index (χ1v) is 6.27. The van der Waals surface area contributed by atoms with Gasteiger partial charge in [-0.3, -0.25) is 9.59 Å². The molecule has 0 fully saturated rings. The van der Waals surface area contributed by atoms with E-state index in [-0.39, 0.29) is 30.9 Å². The van der Waals surface area contributed by atoms with E-state index in [0.717, 1.165) is 5.56 Å². The van der Waals surface area contributed by atoms with E-state index in [1.807, 2.05) is 32.0 Å². The van der Waals surface area contributed by atoms with Gasteiger partial charge in [0.05, 0.1) is 0 Å². The van der Waals surface area contributed by atoms with Gasteiger partial charge in [0.1, 0.15) is 0 Å². The molecular formula is C14H20N2O3. The summed E-state index contributed by atoms with van der Waals surface area (Å²) in [5.41, 5.74) is 7.28. The number of amides is 1. The number of benzene rings is 1. The van der Waals surface area contributed by atoms with Crippen molar-refractivity contribution in [2.24, 2.45) is 0 Å². The standard InChI is InChI=1S/C14H20N2O3/c1-10(2)16-13(17)9-19-14(18)7-6-11-4-3-5-12(15)8-11/h3-5,8,10H,6-7,9,15H2,1-2H3,(H,16,17). The number of anilines is 1. The number of hydrogen-bond donors (Lipinski definition) is 2. The number of esters is 1. The summed E-state index contributed by atoms with van der Waals surface area (Å²) in [4.78, 5) is 22.7. The normalized spacial score (nSPS) is 10.3. The van der Waals surface area contributed by atoms with Crippen LogP contribution in [0.3, 0.4) is 0 Å². The van der Waals surface area contributed by atoms with Crippen LogP contribution in [0.25, 0.3) is 0 Å². The third-order valence-corrected chi connectivity index (χ3v) is 2.38. The molecule has 0 saturated heterocycles. The summed E-state index contributed by atoms with van der Waals surface area (Å²) in [7, 11) is 0. The summed E-state index contributed by atoms with van der Waals surface area (Å²) < 4.78 is 4.87. The minimum Gasteiger partial charge on any atom is -0.456 e. The Kier molecular flexibility index (Phi) is 5.85. The van der Waals surface area contributed by atoms with Crippen LogP contribution in [0, 0.1) is 0 Å². The molecule has 0 radical (unpaired) electrons. The number of carbonyl (C=O) groups is 2. The number of rotatable bonds is 6. The van der Waals surface area contributed by atoms with E-state index in [1.165, 1.54) is 0 Å². The van der Waals surface area contributed by atoms with Crippen molar-refractivity contribution in [3.63, 3.8) is 0 Å². The van der Waals surface area contributed by atoms with Crippen molar-refractivity contribution in [1.29, 1.82) is 0 Å². The van der Waals surface area contributed by atoms with Crippen molar-refractivity contribution in [3.05, 3.63) is 29.8 Å². The summed E-state index contributed by atoms with van der Waals surface area (Å²) in [6, 6.07) is 7.39. The lowest BCUT2D eigenvalue weighted by molar-refractivity contribution is -0.148. The summed E-state index contributed by atoms with van der Waals surface area (Å²) in [6.07, 6.45) is 0.786. The van der Waals surface area contributed by atoms with E-state index >= 15 is 0 Å². The molecule has 0 aliphatic heterocycles. The fourth-order valence-electron chi connectivity index (χ4n) is 1.58. The highest BCUT2D eigenvalue weighted by Crippen LogP contribution is 2.09. The molecule has 3 N–H and O–H groups in total. The largest absolute Gasteiger partial charge is 0.456 e. The van der Waals surface area contributed by atoms with Gasteiger partial charge in [0.15, 0.2) is 6.61 Å². The minimum atomic E-state index is -0.388. The highest BCUT2D eigenvalue weighted by Gasteiger charge is 2.08. The molecule has 0 saturated carbocycles. The van der Waals surface area contributed by atoms with Gasteiger partial charge >= 0.3 is 5.97 Å². The van der Waals surface area contributed by atoms with Gasteiger partial charge in [-0.2, -0.15) is 0 Å². The second-order valence-electron chi connectivity index (χ2n) is 4.63. The quantitative estimate of drug-likeness (QED) is 0.599. The zero-order valence-corrected chi connectivity index (χ0v) is 11.3. The van der Waals surface area contributed by atoms with Gasteiger partial charge in [-0.1, -0.05) is 12.1 Å². The molecule has 5 nitrogen and oxygen atoms in total. The smallest absolute Gasteiger partial charge is 0.306 e. The average Bonchev–Trinajstić information content (AvgIpc) is 2.33. The molecule has 19 heavy (non-hydrogen) atoms. The minimum absolute atomic E-state index is 0.0403. The molecule has 0 spiro atoms. The fraction of sp³-hybridized carbons (Fsp3) is 0.429.